The van der Waals surface area contributed by atoms with Gasteiger partial charge in [-0.2, -0.15) is 0 Å². The van der Waals surface area contributed by atoms with Crippen molar-refractivity contribution in [2.75, 3.05) is 48.8 Å². The van der Waals surface area contributed by atoms with Gasteiger partial charge >= 0.3 is 0 Å². The molecule has 0 aliphatic carbocycles. The van der Waals surface area contributed by atoms with Crippen LogP contribution >= 0.6 is 23.4 Å². The molecule has 3 aliphatic heterocycles. The Labute approximate surface area is 220 Å². The van der Waals surface area contributed by atoms with Crippen molar-refractivity contribution in [3.8, 4) is 0 Å². The summed E-state index contributed by atoms with van der Waals surface area (Å²) >= 11 is 7.97. The zero-order valence-corrected chi connectivity index (χ0v) is 22.7. The lowest BCUT2D eigenvalue weighted by Gasteiger charge is -2.41. The first-order valence-electron chi connectivity index (χ1n) is 12.0. The SMILES string of the molecule is C[C@@H]1OCC2(CCN(c3ncc(Sc4ccnc(N5CC(S(C)(=O)=O)C5)c4Cl)nc3CO)CC2)[C@@H]1N. The summed E-state index contributed by atoms with van der Waals surface area (Å²) in [5.41, 5.74) is 6.96. The number of halogens is 1. The summed E-state index contributed by atoms with van der Waals surface area (Å²) in [6.07, 6.45) is 6.48. The van der Waals surface area contributed by atoms with Crippen LogP contribution in [0.25, 0.3) is 0 Å². The molecule has 3 N–H and O–H groups in total. The first-order valence-corrected chi connectivity index (χ1v) is 15.1. The van der Waals surface area contributed by atoms with Crippen molar-refractivity contribution in [3.05, 3.63) is 29.2 Å². The number of hydrogen-bond donors (Lipinski definition) is 2. The topological polar surface area (TPSA) is 135 Å². The molecule has 3 saturated heterocycles. The summed E-state index contributed by atoms with van der Waals surface area (Å²) in [5.74, 6) is 1.24. The molecule has 0 aromatic carbocycles. The third kappa shape index (κ3) is 4.79. The summed E-state index contributed by atoms with van der Waals surface area (Å²) in [6, 6.07) is 1.82. The Morgan fingerprint density at radius 3 is 2.58 bits per heavy atom. The molecule has 5 rings (SSSR count). The number of piperidine rings is 1. The molecule has 5 heterocycles. The Morgan fingerprint density at radius 1 is 1.25 bits per heavy atom. The van der Waals surface area contributed by atoms with Crippen LogP contribution in [0.1, 0.15) is 25.5 Å². The zero-order valence-electron chi connectivity index (χ0n) is 20.3. The first kappa shape index (κ1) is 25.9. The first-order chi connectivity index (χ1) is 17.1. The maximum absolute atomic E-state index is 11.7. The molecule has 1 spiro atoms. The second-order valence-electron chi connectivity index (χ2n) is 9.93. The number of rotatable bonds is 6. The second kappa shape index (κ2) is 9.88. The fraction of sp³-hybridized carbons (Fsp3) is 0.609. The van der Waals surface area contributed by atoms with E-state index in [1.165, 1.54) is 18.0 Å². The molecule has 3 aliphatic rings. The van der Waals surface area contributed by atoms with Crippen LogP contribution in [0.15, 0.2) is 28.4 Å². The van der Waals surface area contributed by atoms with E-state index < -0.39 is 15.1 Å². The van der Waals surface area contributed by atoms with E-state index in [4.69, 9.17) is 22.1 Å². The third-order valence-corrected chi connectivity index (χ3v) is 10.6. The molecule has 36 heavy (non-hydrogen) atoms. The lowest BCUT2D eigenvalue weighted by Crippen LogP contribution is -2.55. The molecule has 2 atom stereocenters. The number of aromatic nitrogens is 3. The van der Waals surface area contributed by atoms with Gasteiger partial charge < -0.3 is 25.4 Å². The van der Waals surface area contributed by atoms with Gasteiger partial charge in [-0.05, 0) is 25.8 Å². The van der Waals surface area contributed by atoms with Crippen LogP contribution in [0.2, 0.25) is 5.02 Å². The molecule has 0 amide bonds. The Bertz CT molecular complexity index is 1240. The number of nitrogens with two attached hydrogens (primary N) is 1. The highest BCUT2D eigenvalue weighted by molar-refractivity contribution is 7.99. The van der Waals surface area contributed by atoms with Crippen LogP contribution in [-0.4, -0.2) is 84.9 Å². The smallest absolute Gasteiger partial charge is 0.153 e. The van der Waals surface area contributed by atoms with E-state index >= 15 is 0 Å². The molecular weight excluding hydrogens is 524 g/mol. The molecule has 3 fully saturated rings. The average Bonchev–Trinajstić information content (AvgIpc) is 3.08. The summed E-state index contributed by atoms with van der Waals surface area (Å²) in [4.78, 5) is 18.4. The monoisotopic (exact) mass is 554 g/mol. The van der Waals surface area contributed by atoms with Crippen LogP contribution in [0, 0.1) is 5.41 Å². The van der Waals surface area contributed by atoms with Crippen molar-refractivity contribution in [2.24, 2.45) is 11.1 Å². The van der Waals surface area contributed by atoms with Gasteiger partial charge in [0.05, 0.1) is 35.8 Å². The van der Waals surface area contributed by atoms with Crippen molar-refractivity contribution in [1.82, 2.24) is 15.0 Å². The number of nitrogens with zero attached hydrogens (tertiary/aromatic N) is 5. The lowest BCUT2D eigenvalue weighted by molar-refractivity contribution is 0.0973. The molecule has 0 unspecified atom stereocenters. The number of hydrogen-bond acceptors (Lipinski definition) is 11. The molecular formula is C23H31ClN6O4S2. The van der Waals surface area contributed by atoms with Gasteiger partial charge in [-0.3, -0.25) is 0 Å². The predicted octanol–water partition coefficient (Wildman–Crippen LogP) is 1.73. The fourth-order valence-corrected chi connectivity index (χ4v) is 7.21. The van der Waals surface area contributed by atoms with E-state index in [0.717, 1.165) is 30.8 Å². The molecule has 196 valence electrons. The van der Waals surface area contributed by atoms with Gasteiger partial charge in [0, 0.05) is 55.0 Å². The standard InChI is InChI=1S/C23H31ClN6O4S2/c1-14-20(25)23(13-34-14)4-7-29(8-5-23)21-16(12-31)28-18(9-27-21)35-17-3-6-26-22(19(17)24)30-10-15(11-30)36(2,32)33/h3,6,9,14-15,20,31H,4-5,7-8,10-13,25H2,1-2H3/t14-,20+/m0/s1. The summed E-state index contributed by atoms with van der Waals surface area (Å²) in [7, 11) is -3.09. The lowest BCUT2D eigenvalue weighted by atomic mass is 9.73. The normalized spacial score (nSPS) is 24.4. The van der Waals surface area contributed by atoms with Crippen LogP contribution in [0.4, 0.5) is 11.6 Å². The van der Waals surface area contributed by atoms with Crippen molar-refractivity contribution in [1.29, 1.82) is 0 Å². The van der Waals surface area contributed by atoms with E-state index in [-0.39, 0.29) is 24.2 Å². The van der Waals surface area contributed by atoms with Gasteiger partial charge in [-0.1, -0.05) is 23.4 Å². The van der Waals surface area contributed by atoms with Crippen LogP contribution in [0.5, 0.6) is 0 Å². The number of sulfone groups is 1. The highest BCUT2D eigenvalue weighted by atomic mass is 35.5. The summed E-state index contributed by atoms with van der Waals surface area (Å²) in [5, 5.41) is 10.7. The quantitative estimate of drug-likeness (QED) is 0.540. The van der Waals surface area contributed by atoms with E-state index in [9.17, 15) is 13.5 Å². The zero-order chi connectivity index (χ0) is 25.7. The van der Waals surface area contributed by atoms with Crippen molar-refractivity contribution >= 4 is 44.8 Å². The Hall–Kier alpha value is -1.70. The van der Waals surface area contributed by atoms with E-state index in [1.807, 2.05) is 11.8 Å². The minimum atomic E-state index is -3.09. The second-order valence-corrected chi connectivity index (χ2v) is 13.7. The van der Waals surface area contributed by atoms with E-state index in [1.54, 1.807) is 18.5 Å². The van der Waals surface area contributed by atoms with Gasteiger partial charge in [-0.15, -0.1) is 0 Å². The molecule has 10 nitrogen and oxygen atoms in total. The maximum atomic E-state index is 11.7. The van der Waals surface area contributed by atoms with E-state index in [0.29, 0.717) is 47.1 Å². The predicted molar refractivity (Wildman–Crippen MR) is 139 cm³/mol. The Balaban J connectivity index is 1.28. The maximum Gasteiger partial charge on any atom is 0.153 e. The number of pyridine rings is 1. The van der Waals surface area contributed by atoms with Crippen molar-refractivity contribution in [3.63, 3.8) is 0 Å². The van der Waals surface area contributed by atoms with Gasteiger partial charge in [0.15, 0.2) is 15.7 Å². The largest absolute Gasteiger partial charge is 0.390 e. The van der Waals surface area contributed by atoms with Gasteiger partial charge in [-0.25, -0.2) is 23.4 Å². The van der Waals surface area contributed by atoms with Crippen LogP contribution in [-0.2, 0) is 21.2 Å². The van der Waals surface area contributed by atoms with E-state index in [2.05, 4.69) is 19.9 Å². The summed E-state index contributed by atoms with van der Waals surface area (Å²) < 4.78 is 29.3. The van der Waals surface area contributed by atoms with Gasteiger partial charge in [0.1, 0.15) is 16.5 Å². The van der Waals surface area contributed by atoms with Gasteiger partial charge in [0.25, 0.3) is 0 Å². The molecule has 2 aromatic heterocycles. The van der Waals surface area contributed by atoms with Crippen molar-refractivity contribution < 1.29 is 18.3 Å². The van der Waals surface area contributed by atoms with Crippen LogP contribution < -0.4 is 15.5 Å². The Morgan fingerprint density at radius 2 is 1.97 bits per heavy atom. The highest BCUT2D eigenvalue weighted by Crippen LogP contribution is 2.43. The molecule has 0 radical (unpaired) electrons. The van der Waals surface area contributed by atoms with Crippen molar-refractivity contribution in [2.45, 2.75) is 53.7 Å². The molecule has 0 saturated carbocycles. The van der Waals surface area contributed by atoms with Gasteiger partial charge in [0.2, 0.25) is 0 Å². The number of anilines is 2. The number of aliphatic hydroxyl groups excluding tert-OH is 1. The highest BCUT2D eigenvalue weighted by Gasteiger charge is 2.47. The number of aliphatic hydroxyl groups is 1. The van der Waals surface area contributed by atoms with Crippen LogP contribution in [0.3, 0.4) is 0 Å². The Kier molecular flexibility index (Phi) is 7.12. The number of ether oxygens (including phenoxy) is 1. The molecule has 2 aromatic rings. The third-order valence-electron chi connectivity index (χ3n) is 7.66. The molecule has 13 heteroatoms. The average molecular weight is 555 g/mol. The summed E-state index contributed by atoms with van der Waals surface area (Å²) in [6.45, 7) is 4.80. The minimum Gasteiger partial charge on any atom is -0.390 e. The fourth-order valence-electron chi connectivity index (χ4n) is 5.17. The minimum absolute atomic E-state index is 0.00606. The molecule has 0 bridgehead atoms.